The monoisotopic (exact) mass is 348 g/mol. The normalized spacial score (nSPS) is 10.5. The molecule has 0 saturated carbocycles. The standard InChI is InChI=1S/C13H8Cl3FN2O2/c14-9-2-3-10(15)13(16)8(9)6-18-7-1-4-11(17)12(5-7)19(20)21/h1-5,18H,6H2. The maximum Gasteiger partial charge on any atom is 0.306 e. The highest BCUT2D eigenvalue weighted by Crippen LogP contribution is 2.32. The molecule has 0 saturated heterocycles. The first-order chi connectivity index (χ1) is 9.90. The lowest BCUT2D eigenvalue weighted by atomic mass is 10.2. The van der Waals surface area contributed by atoms with Crippen LogP contribution in [0.25, 0.3) is 0 Å². The van der Waals surface area contributed by atoms with E-state index in [0.717, 1.165) is 12.1 Å². The fourth-order valence-electron chi connectivity index (χ4n) is 1.68. The van der Waals surface area contributed by atoms with Crippen LogP contribution >= 0.6 is 34.8 Å². The zero-order chi connectivity index (χ0) is 15.6. The Morgan fingerprint density at radius 1 is 1.14 bits per heavy atom. The van der Waals surface area contributed by atoms with Crippen LogP contribution in [0.1, 0.15) is 5.56 Å². The molecule has 4 nitrogen and oxygen atoms in total. The molecule has 0 aromatic heterocycles. The van der Waals surface area contributed by atoms with Gasteiger partial charge in [-0.3, -0.25) is 10.1 Å². The third-order valence-corrected chi connectivity index (χ3v) is 3.95. The van der Waals surface area contributed by atoms with E-state index in [-0.39, 0.29) is 6.54 Å². The summed E-state index contributed by atoms with van der Waals surface area (Å²) < 4.78 is 13.2. The van der Waals surface area contributed by atoms with E-state index >= 15 is 0 Å². The SMILES string of the molecule is O=[N+]([O-])c1cc(NCc2c(Cl)ccc(Cl)c2Cl)ccc1F. The second-order valence-corrected chi connectivity index (χ2v) is 5.29. The van der Waals surface area contributed by atoms with Crippen LogP contribution < -0.4 is 5.32 Å². The first-order valence-corrected chi connectivity index (χ1v) is 6.83. The van der Waals surface area contributed by atoms with Gasteiger partial charge in [-0.05, 0) is 24.3 Å². The minimum absolute atomic E-state index is 0.195. The van der Waals surface area contributed by atoms with Crippen molar-refractivity contribution in [2.45, 2.75) is 6.54 Å². The molecular weight excluding hydrogens is 342 g/mol. The van der Waals surface area contributed by atoms with Gasteiger partial charge < -0.3 is 5.32 Å². The van der Waals surface area contributed by atoms with Crippen LogP contribution in [0.15, 0.2) is 30.3 Å². The molecule has 2 aromatic carbocycles. The molecular formula is C13H8Cl3FN2O2. The highest BCUT2D eigenvalue weighted by molar-refractivity contribution is 6.44. The fourth-order valence-corrected chi connectivity index (χ4v) is 2.37. The number of halogens is 4. The summed E-state index contributed by atoms with van der Waals surface area (Å²) in [6, 6.07) is 6.66. The van der Waals surface area contributed by atoms with Crippen LogP contribution in [0, 0.1) is 15.9 Å². The van der Waals surface area contributed by atoms with Gasteiger partial charge in [0.1, 0.15) is 0 Å². The Balaban J connectivity index is 2.23. The minimum atomic E-state index is -0.899. The Morgan fingerprint density at radius 2 is 1.81 bits per heavy atom. The Hall–Kier alpha value is -1.56. The quantitative estimate of drug-likeness (QED) is 0.462. The molecule has 21 heavy (non-hydrogen) atoms. The topological polar surface area (TPSA) is 55.2 Å². The number of benzene rings is 2. The number of rotatable bonds is 4. The van der Waals surface area contributed by atoms with E-state index in [1.807, 2.05) is 0 Å². The number of hydrogen-bond acceptors (Lipinski definition) is 3. The van der Waals surface area contributed by atoms with Gasteiger partial charge in [0.2, 0.25) is 5.82 Å². The summed E-state index contributed by atoms with van der Waals surface area (Å²) in [4.78, 5) is 9.89. The first kappa shape index (κ1) is 15.8. The first-order valence-electron chi connectivity index (χ1n) is 5.70. The van der Waals surface area contributed by atoms with Gasteiger partial charge in [-0.1, -0.05) is 34.8 Å². The van der Waals surface area contributed by atoms with Crippen LogP contribution in [0.5, 0.6) is 0 Å². The Morgan fingerprint density at radius 3 is 2.48 bits per heavy atom. The molecule has 0 bridgehead atoms. The average molecular weight is 350 g/mol. The van der Waals surface area contributed by atoms with Crippen LogP contribution in [-0.2, 0) is 6.54 Å². The molecule has 0 atom stereocenters. The van der Waals surface area contributed by atoms with Crippen molar-refractivity contribution in [1.82, 2.24) is 0 Å². The number of anilines is 1. The Bertz CT molecular complexity index is 710. The molecule has 0 amide bonds. The molecule has 0 aliphatic carbocycles. The van der Waals surface area contributed by atoms with Crippen LogP contribution in [0.3, 0.4) is 0 Å². The van der Waals surface area contributed by atoms with Gasteiger partial charge in [-0.15, -0.1) is 0 Å². The van der Waals surface area contributed by atoms with Gasteiger partial charge in [0.15, 0.2) is 0 Å². The van der Waals surface area contributed by atoms with Gasteiger partial charge in [-0.25, -0.2) is 0 Å². The number of nitrogens with one attached hydrogen (secondary N) is 1. The molecule has 0 unspecified atom stereocenters. The molecule has 1 N–H and O–H groups in total. The highest BCUT2D eigenvalue weighted by atomic mass is 35.5. The summed E-state index contributed by atoms with van der Waals surface area (Å²) in [5.74, 6) is -0.899. The van der Waals surface area contributed by atoms with E-state index in [1.165, 1.54) is 6.07 Å². The summed E-state index contributed by atoms with van der Waals surface area (Å²) >= 11 is 18.0. The lowest BCUT2D eigenvalue weighted by Gasteiger charge is -2.11. The molecule has 110 valence electrons. The fraction of sp³-hybridized carbons (Fsp3) is 0.0769. The highest BCUT2D eigenvalue weighted by Gasteiger charge is 2.15. The predicted molar refractivity (Wildman–Crippen MR) is 81.9 cm³/mol. The molecule has 8 heteroatoms. The maximum atomic E-state index is 13.2. The molecule has 0 radical (unpaired) electrons. The van der Waals surface area contributed by atoms with Crippen molar-refractivity contribution < 1.29 is 9.31 Å². The Kier molecular flexibility index (Phi) is 4.88. The van der Waals surface area contributed by atoms with Crippen molar-refractivity contribution in [1.29, 1.82) is 0 Å². The zero-order valence-corrected chi connectivity index (χ0v) is 12.6. The number of hydrogen-bond donors (Lipinski definition) is 1. The summed E-state index contributed by atoms with van der Waals surface area (Å²) in [5, 5.41) is 14.6. The van der Waals surface area contributed by atoms with E-state index in [9.17, 15) is 14.5 Å². The summed E-state index contributed by atoms with van der Waals surface area (Å²) in [7, 11) is 0. The third-order valence-electron chi connectivity index (χ3n) is 2.75. The Labute approximate surface area is 134 Å². The van der Waals surface area contributed by atoms with Crippen molar-refractivity contribution in [3.63, 3.8) is 0 Å². The number of nitro groups is 1. The predicted octanol–water partition coefficient (Wildman–Crippen LogP) is 5.31. The van der Waals surface area contributed by atoms with Crippen LogP contribution in [0.2, 0.25) is 15.1 Å². The van der Waals surface area contributed by atoms with Crippen molar-refractivity contribution >= 4 is 46.2 Å². The second kappa shape index (κ2) is 6.47. The molecule has 0 aliphatic rings. The van der Waals surface area contributed by atoms with E-state index in [0.29, 0.717) is 26.3 Å². The second-order valence-electron chi connectivity index (χ2n) is 4.10. The van der Waals surface area contributed by atoms with E-state index in [4.69, 9.17) is 34.8 Å². The largest absolute Gasteiger partial charge is 0.381 e. The van der Waals surface area contributed by atoms with Crippen LogP contribution in [-0.4, -0.2) is 4.92 Å². The summed E-state index contributed by atoms with van der Waals surface area (Å²) in [6.45, 7) is 0.195. The summed E-state index contributed by atoms with van der Waals surface area (Å²) in [5.41, 5.74) is 0.316. The molecule has 2 aromatic rings. The molecule has 0 aliphatic heterocycles. The van der Waals surface area contributed by atoms with Crippen molar-refractivity contribution in [3.8, 4) is 0 Å². The average Bonchev–Trinajstić information content (AvgIpc) is 2.44. The number of nitro benzene ring substituents is 1. The lowest BCUT2D eigenvalue weighted by Crippen LogP contribution is -2.02. The van der Waals surface area contributed by atoms with Gasteiger partial charge in [0.25, 0.3) is 0 Å². The summed E-state index contributed by atoms with van der Waals surface area (Å²) in [6.07, 6.45) is 0. The van der Waals surface area contributed by atoms with Crippen LogP contribution in [0.4, 0.5) is 15.8 Å². The molecule has 2 rings (SSSR count). The third kappa shape index (κ3) is 3.56. The van der Waals surface area contributed by atoms with E-state index < -0.39 is 16.4 Å². The molecule has 0 heterocycles. The zero-order valence-electron chi connectivity index (χ0n) is 10.4. The van der Waals surface area contributed by atoms with E-state index in [2.05, 4.69) is 5.32 Å². The molecule has 0 spiro atoms. The smallest absolute Gasteiger partial charge is 0.306 e. The minimum Gasteiger partial charge on any atom is -0.381 e. The lowest BCUT2D eigenvalue weighted by molar-refractivity contribution is -0.387. The van der Waals surface area contributed by atoms with Gasteiger partial charge in [0, 0.05) is 28.9 Å². The molecule has 0 fully saturated rings. The van der Waals surface area contributed by atoms with Gasteiger partial charge in [-0.2, -0.15) is 4.39 Å². The van der Waals surface area contributed by atoms with Gasteiger partial charge in [0.05, 0.1) is 15.0 Å². The maximum absolute atomic E-state index is 13.2. The van der Waals surface area contributed by atoms with Crippen molar-refractivity contribution in [3.05, 3.63) is 66.9 Å². The van der Waals surface area contributed by atoms with Crippen molar-refractivity contribution in [2.75, 3.05) is 5.32 Å². The van der Waals surface area contributed by atoms with E-state index in [1.54, 1.807) is 12.1 Å². The number of nitrogens with zero attached hydrogens (tertiary/aromatic N) is 1. The van der Waals surface area contributed by atoms with Crippen molar-refractivity contribution in [2.24, 2.45) is 0 Å². The van der Waals surface area contributed by atoms with Gasteiger partial charge >= 0.3 is 5.69 Å².